The van der Waals surface area contributed by atoms with Crippen LogP contribution in [-0.2, 0) is 9.63 Å². The molecule has 0 radical (unpaired) electrons. The van der Waals surface area contributed by atoms with Gasteiger partial charge in [0.25, 0.3) is 0 Å². The molecule has 0 saturated carbocycles. The van der Waals surface area contributed by atoms with E-state index in [1.54, 1.807) is 0 Å². The average Bonchev–Trinajstić information content (AvgIpc) is 2.44. The minimum absolute atomic E-state index is 0.0327. The van der Waals surface area contributed by atoms with Gasteiger partial charge in [-0.15, -0.1) is 0 Å². The second-order valence-electron chi connectivity index (χ2n) is 3.78. The van der Waals surface area contributed by atoms with E-state index in [0.717, 1.165) is 6.42 Å². The molecule has 0 aliphatic carbocycles. The van der Waals surface area contributed by atoms with Crippen LogP contribution < -0.4 is 0 Å². The van der Waals surface area contributed by atoms with Gasteiger partial charge in [0, 0.05) is 6.42 Å². The summed E-state index contributed by atoms with van der Waals surface area (Å²) >= 11 is 0. The third-order valence-corrected chi connectivity index (χ3v) is 2.31. The van der Waals surface area contributed by atoms with Crippen LogP contribution in [0.1, 0.15) is 31.7 Å². The van der Waals surface area contributed by atoms with Crippen molar-refractivity contribution in [1.82, 2.24) is 0 Å². The number of carbonyl (C=O) groups is 1. The quantitative estimate of drug-likeness (QED) is 0.208. The Hall–Kier alpha value is -1.99. The van der Waals surface area contributed by atoms with Gasteiger partial charge in [0.2, 0.25) is 5.82 Å². The first kappa shape index (κ1) is 16.1. The third-order valence-electron chi connectivity index (χ3n) is 2.31. The summed E-state index contributed by atoms with van der Waals surface area (Å²) in [7, 11) is 0. The molecule has 0 aliphatic rings. The third kappa shape index (κ3) is 3.52. The second-order valence-corrected chi connectivity index (χ2v) is 3.78. The Labute approximate surface area is 111 Å². The lowest BCUT2D eigenvalue weighted by atomic mass is 10.2. The van der Waals surface area contributed by atoms with Crippen LogP contribution >= 0.6 is 0 Å². The van der Waals surface area contributed by atoms with Crippen LogP contribution in [0.2, 0.25) is 0 Å². The number of halogens is 5. The fourth-order valence-electron chi connectivity index (χ4n) is 1.24. The number of hydrogen-bond donors (Lipinski definition) is 0. The summed E-state index contributed by atoms with van der Waals surface area (Å²) in [6, 6.07) is 0. The van der Waals surface area contributed by atoms with Gasteiger partial charge in [-0.05, 0) is 6.42 Å². The predicted molar refractivity (Wildman–Crippen MR) is 59.4 cm³/mol. The normalized spacial score (nSPS) is 11.1. The molecule has 0 spiro atoms. The molecule has 0 heterocycles. The van der Waals surface area contributed by atoms with E-state index in [4.69, 9.17) is 0 Å². The van der Waals surface area contributed by atoms with E-state index in [2.05, 4.69) is 9.99 Å². The first-order valence-corrected chi connectivity index (χ1v) is 5.64. The van der Waals surface area contributed by atoms with E-state index in [9.17, 15) is 26.7 Å². The van der Waals surface area contributed by atoms with Crippen molar-refractivity contribution in [1.29, 1.82) is 0 Å². The highest BCUT2D eigenvalue weighted by Crippen LogP contribution is 2.21. The molecule has 8 heteroatoms. The Morgan fingerprint density at radius 3 is 2.05 bits per heavy atom. The van der Waals surface area contributed by atoms with Crippen molar-refractivity contribution >= 4 is 12.2 Å². The number of oxime groups is 1. The van der Waals surface area contributed by atoms with Gasteiger partial charge in [-0.3, -0.25) is 0 Å². The van der Waals surface area contributed by atoms with Crippen molar-refractivity contribution in [3.05, 3.63) is 34.6 Å². The van der Waals surface area contributed by atoms with Crippen LogP contribution in [0.4, 0.5) is 22.0 Å². The Kier molecular flexibility index (Phi) is 5.60. The topological polar surface area (TPSA) is 38.7 Å². The minimum Gasteiger partial charge on any atom is -0.318 e. The highest BCUT2D eigenvalue weighted by molar-refractivity contribution is 5.81. The van der Waals surface area contributed by atoms with Gasteiger partial charge in [-0.2, -0.15) is 0 Å². The predicted octanol–water partition coefficient (Wildman–Crippen LogP) is 3.45. The van der Waals surface area contributed by atoms with Gasteiger partial charge in [0.15, 0.2) is 23.3 Å². The van der Waals surface area contributed by atoms with Gasteiger partial charge in [0.05, 0.1) is 11.8 Å². The first-order chi connectivity index (χ1) is 9.40. The maximum absolute atomic E-state index is 13.2. The standard InChI is InChI=1S/C12H10F5NO2/c1-2-3-4-7(19)20-18-5-6-8(13)10(15)12(17)11(16)9(6)14/h5H,2-4H2,1H3/b18-5+. The minimum atomic E-state index is -2.27. The second kappa shape index (κ2) is 6.97. The number of rotatable bonds is 5. The van der Waals surface area contributed by atoms with Crippen molar-refractivity contribution in [2.24, 2.45) is 5.16 Å². The molecule has 3 nitrogen and oxygen atoms in total. The van der Waals surface area contributed by atoms with Gasteiger partial charge >= 0.3 is 5.97 Å². The van der Waals surface area contributed by atoms with Gasteiger partial charge in [-0.25, -0.2) is 26.7 Å². The number of benzene rings is 1. The summed E-state index contributed by atoms with van der Waals surface area (Å²) in [6.07, 6.45) is 1.54. The van der Waals surface area contributed by atoms with Crippen LogP contribution in [0.3, 0.4) is 0 Å². The zero-order chi connectivity index (χ0) is 15.3. The highest BCUT2D eigenvalue weighted by atomic mass is 19.2. The van der Waals surface area contributed by atoms with Gasteiger partial charge in [-0.1, -0.05) is 18.5 Å². The summed E-state index contributed by atoms with van der Waals surface area (Å²) in [4.78, 5) is 15.2. The molecular formula is C12H10F5NO2. The smallest absolute Gasteiger partial charge is 0.318 e. The molecule has 110 valence electrons. The maximum Gasteiger partial charge on any atom is 0.335 e. The Bertz CT molecular complexity index is 516. The van der Waals surface area contributed by atoms with Crippen LogP contribution in [0.25, 0.3) is 0 Å². The fraction of sp³-hybridized carbons (Fsp3) is 0.333. The molecule has 0 atom stereocenters. The van der Waals surface area contributed by atoms with E-state index >= 15 is 0 Å². The van der Waals surface area contributed by atoms with Gasteiger partial charge < -0.3 is 4.84 Å². The lowest BCUT2D eigenvalue weighted by Crippen LogP contribution is -2.07. The molecule has 0 aromatic heterocycles. The maximum atomic E-state index is 13.2. The molecule has 0 unspecified atom stereocenters. The van der Waals surface area contributed by atoms with Crippen LogP contribution in [0.5, 0.6) is 0 Å². The molecule has 1 aromatic carbocycles. The molecule has 0 bridgehead atoms. The van der Waals surface area contributed by atoms with Gasteiger partial charge in [0.1, 0.15) is 0 Å². The average molecular weight is 295 g/mol. The molecule has 0 amide bonds. The molecule has 0 saturated heterocycles. The van der Waals surface area contributed by atoms with E-state index in [0.29, 0.717) is 6.42 Å². The number of carbonyl (C=O) groups excluding carboxylic acids is 1. The summed E-state index contributed by atoms with van der Waals surface area (Å²) < 4.78 is 64.7. The molecule has 1 aromatic rings. The van der Waals surface area contributed by atoms with E-state index in [1.807, 2.05) is 6.92 Å². The Morgan fingerprint density at radius 2 is 1.55 bits per heavy atom. The monoisotopic (exact) mass is 295 g/mol. The Morgan fingerprint density at radius 1 is 1.05 bits per heavy atom. The van der Waals surface area contributed by atoms with Crippen molar-refractivity contribution in [2.75, 3.05) is 0 Å². The molecule has 0 N–H and O–H groups in total. The van der Waals surface area contributed by atoms with Crippen molar-refractivity contribution in [2.45, 2.75) is 26.2 Å². The lowest BCUT2D eigenvalue weighted by Gasteiger charge is -2.03. The Balaban J connectivity index is 2.91. The van der Waals surface area contributed by atoms with E-state index < -0.39 is 40.6 Å². The van der Waals surface area contributed by atoms with Crippen LogP contribution in [0.15, 0.2) is 5.16 Å². The van der Waals surface area contributed by atoms with Crippen molar-refractivity contribution < 1.29 is 31.6 Å². The SMILES string of the molecule is CCCCC(=O)O/N=C/c1c(F)c(F)c(F)c(F)c1F. The zero-order valence-corrected chi connectivity index (χ0v) is 10.4. The fourth-order valence-corrected chi connectivity index (χ4v) is 1.24. The highest BCUT2D eigenvalue weighted by Gasteiger charge is 2.24. The van der Waals surface area contributed by atoms with E-state index in [1.165, 1.54) is 0 Å². The van der Waals surface area contributed by atoms with Crippen molar-refractivity contribution in [3.63, 3.8) is 0 Å². The van der Waals surface area contributed by atoms with E-state index in [-0.39, 0.29) is 12.6 Å². The number of nitrogens with zero attached hydrogens (tertiary/aromatic N) is 1. The zero-order valence-electron chi connectivity index (χ0n) is 10.4. The molecule has 20 heavy (non-hydrogen) atoms. The molecule has 0 fully saturated rings. The molecule has 1 rings (SSSR count). The molecular weight excluding hydrogens is 285 g/mol. The van der Waals surface area contributed by atoms with Crippen LogP contribution in [-0.4, -0.2) is 12.2 Å². The molecule has 0 aliphatic heterocycles. The van der Waals surface area contributed by atoms with Crippen molar-refractivity contribution in [3.8, 4) is 0 Å². The van der Waals surface area contributed by atoms with Crippen LogP contribution in [0, 0.1) is 29.1 Å². The summed E-state index contributed by atoms with van der Waals surface area (Å²) in [5.74, 6) is -11.3. The summed E-state index contributed by atoms with van der Waals surface area (Å²) in [5.41, 5.74) is -1.27. The first-order valence-electron chi connectivity index (χ1n) is 5.64. The largest absolute Gasteiger partial charge is 0.335 e. The number of unbranched alkanes of at least 4 members (excludes halogenated alkanes) is 1. The summed E-state index contributed by atoms with van der Waals surface area (Å²) in [6.45, 7) is 1.82. The summed E-state index contributed by atoms with van der Waals surface area (Å²) in [5, 5.41) is 2.92. The lowest BCUT2D eigenvalue weighted by molar-refractivity contribution is -0.143. The number of hydrogen-bond acceptors (Lipinski definition) is 3.